The summed E-state index contributed by atoms with van der Waals surface area (Å²) in [4.78, 5) is 34.4. The van der Waals surface area contributed by atoms with Gasteiger partial charge in [-0.1, -0.05) is 6.07 Å². The molecule has 0 saturated carbocycles. The van der Waals surface area contributed by atoms with E-state index in [1.54, 1.807) is 6.92 Å². The SMILES string of the molecule is CCN(CC(=O)NC)c1c(C(=O)O)cccc1[N+](=O)[O-]. The molecule has 1 rings (SSSR count). The molecule has 0 bridgehead atoms. The summed E-state index contributed by atoms with van der Waals surface area (Å²) in [5.41, 5.74) is -0.600. The Bertz CT molecular complexity index is 512. The molecule has 1 amide bonds. The number of likely N-dealkylation sites (N-methyl/N-ethyl adjacent to an activating group) is 2. The van der Waals surface area contributed by atoms with Crippen LogP contribution in [-0.4, -0.2) is 42.0 Å². The van der Waals surface area contributed by atoms with Gasteiger partial charge in [-0.15, -0.1) is 0 Å². The van der Waals surface area contributed by atoms with Gasteiger partial charge in [-0.3, -0.25) is 14.9 Å². The lowest BCUT2D eigenvalue weighted by Crippen LogP contribution is -2.36. The molecule has 0 aromatic heterocycles. The molecule has 1 aromatic carbocycles. The maximum atomic E-state index is 11.4. The van der Waals surface area contributed by atoms with Crippen molar-refractivity contribution in [3.63, 3.8) is 0 Å². The lowest BCUT2D eigenvalue weighted by Gasteiger charge is -2.23. The summed E-state index contributed by atoms with van der Waals surface area (Å²) >= 11 is 0. The minimum atomic E-state index is -1.28. The molecule has 0 saturated heterocycles. The van der Waals surface area contributed by atoms with E-state index in [1.807, 2.05) is 0 Å². The molecule has 0 atom stereocenters. The van der Waals surface area contributed by atoms with Gasteiger partial charge in [0.1, 0.15) is 5.69 Å². The number of rotatable bonds is 6. The zero-order chi connectivity index (χ0) is 15.3. The molecule has 0 fully saturated rings. The number of nitrogens with one attached hydrogen (secondary N) is 1. The third kappa shape index (κ3) is 3.22. The fourth-order valence-electron chi connectivity index (χ4n) is 1.78. The predicted molar refractivity (Wildman–Crippen MR) is 72.0 cm³/mol. The number of carboxylic acid groups (broad SMARTS) is 1. The Morgan fingerprint density at radius 2 is 2.10 bits per heavy atom. The number of amides is 1. The molecule has 0 aliphatic heterocycles. The standard InChI is InChI=1S/C12H15N3O5/c1-3-14(7-10(16)13-2)11-8(12(17)18)5-4-6-9(11)15(19)20/h4-6H,3,7H2,1-2H3,(H,13,16)(H,17,18). The summed E-state index contributed by atoms with van der Waals surface area (Å²) in [6.45, 7) is 1.79. The molecule has 0 aliphatic rings. The van der Waals surface area contributed by atoms with Crippen LogP contribution in [0.5, 0.6) is 0 Å². The Morgan fingerprint density at radius 3 is 2.55 bits per heavy atom. The molecule has 2 N–H and O–H groups in total. The van der Waals surface area contributed by atoms with Crippen LogP contribution in [-0.2, 0) is 4.79 Å². The van der Waals surface area contributed by atoms with Crippen molar-refractivity contribution in [3.8, 4) is 0 Å². The number of nitro groups is 1. The minimum absolute atomic E-state index is 0.0592. The second kappa shape index (κ2) is 6.50. The van der Waals surface area contributed by atoms with Crippen LogP contribution in [0.25, 0.3) is 0 Å². The molecule has 0 radical (unpaired) electrons. The van der Waals surface area contributed by atoms with Crippen LogP contribution in [0.2, 0.25) is 0 Å². The van der Waals surface area contributed by atoms with Crippen LogP contribution < -0.4 is 10.2 Å². The van der Waals surface area contributed by atoms with Gasteiger partial charge >= 0.3 is 5.97 Å². The smallest absolute Gasteiger partial charge is 0.338 e. The van der Waals surface area contributed by atoms with Crippen LogP contribution in [0.4, 0.5) is 11.4 Å². The number of para-hydroxylation sites is 1. The molecular formula is C12H15N3O5. The van der Waals surface area contributed by atoms with Crippen LogP contribution in [0.1, 0.15) is 17.3 Å². The lowest BCUT2D eigenvalue weighted by atomic mass is 10.1. The van der Waals surface area contributed by atoms with E-state index in [9.17, 15) is 19.7 Å². The molecule has 8 heteroatoms. The Balaban J connectivity index is 3.40. The number of anilines is 1. The molecule has 0 spiro atoms. The first-order chi connectivity index (χ1) is 9.42. The number of benzene rings is 1. The number of hydrogen-bond acceptors (Lipinski definition) is 5. The summed E-state index contributed by atoms with van der Waals surface area (Å²) in [6, 6.07) is 3.80. The monoisotopic (exact) mass is 281 g/mol. The average molecular weight is 281 g/mol. The second-order valence-corrected chi connectivity index (χ2v) is 3.92. The van der Waals surface area contributed by atoms with Crippen molar-refractivity contribution < 1.29 is 19.6 Å². The molecule has 0 heterocycles. The van der Waals surface area contributed by atoms with Gasteiger partial charge in [0.15, 0.2) is 0 Å². The van der Waals surface area contributed by atoms with Crippen molar-refractivity contribution in [1.82, 2.24) is 5.32 Å². The maximum absolute atomic E-state index is 11.4. The summed E-state index contributed by atoms with van der Waals surface area (Å²) in [5.74, 6) is -1.64. The highest BCUT2D eigenvalue weighted by molar-refractivity contribution is 5.98. The fraction of sp³-hybridized carbons (Fsp3) is 0.333. The summed E-state index contributed by atoms with van der Waals surface area (Å²) in [5, 5.41) is 22.6. The highest BCUT2D eigenvalue weighted by Gasteiger charge is 2.26. The van der Waals surface area contributed by atoms with Gasteiger partial charge in [0, 0.05) is 19.7 Å². The largest absolute Gasteiger partial charge is 0.478 e. The zero-order valence-corrected chi connectivity index (χ0v) is 11.1. The van der Waals surface area contributed by atoms with Crippen LogP contribution in [0.3, 0.4) is 0 Å². The number of carbonyl (C=O) groups is 2. The Hall–Kier alpha value is -2.64. The van der Waals surface area contributed by atoms with E-state index >= 15 is 0 Å². The average Bonchev–Trinajstić information content (AvgIpc) is 2.43. The Labute approximate surface area is 115 Å². The first-order valence-corrected chi connectivity index (χ1v) is 5.88. The first kappa shape index (κ1) is 15.4. The molecular weight excluding hydrogens is 266 g/mol. The summed E-state index contributed by atoms with van der Waals surface area (Å²) in [6.07, 6.45) is 0. The van der Waals surface area contributed by atoms with Gasteiger partial charge in [0.05, 0.1) is 17.0 Å². The second-order valence-electron chi connectivity index (χ2n) is 3.92. The highest BCUT2D eigenvalue weighted by atomic mass is 16.6. The van der Waals surface area contributed by atoms with Crippen LogP contribution >= 0.6 is 0 Å². The third-order valence-corrected chi connectivity index (χ3v) is 2.75. The van der Waals surface area contributed by atoms with Crippen molar-refractivity contribution in [2.45, 2.75) is 6.92 Å². The van der Waals surface area contributed by atoms with E-state index in [0.29, 0.717) is 0 Å². The number of carboxylic acids is 1. The van der Waals surface area contributed by atoms with E-state index in [-0.39, 0.29) is 35.9 Å². The number of hydrogen-bond donors (Lipinski definition) is 2. The van der Waals surface area contributed by atoms with E-state index in [2.05, 4.69) is 5.32 Å². The van der Waals surface area contributed by atoms with Gasteiger partial charge in [0.25, 0.3) is 5.69 Å². The Morgan fingerprint density at radius 1 is 1.45 bits per heavy atom. The summed E-state index contributed by atoms with van der Waals surface area (Å²) in [7, 11) is 1.44. The third-order valence-electron chi connectivity index (χ3n) is 2.75. The quantitative estimate of drug-likeness (QED) is 0.590. The van der Waals surface area contributed by atoms with Gasteiger partial charge < -0.3 is 15.3 Å². The maximum Gasteiger partial charge on any atom is 0.338 e. The zero-order valence-electron chi connectivity index (χ0n) is 11.1. The van der Waals surface area contributed by atoms with Gasteiger partial charge in [-0.2, -0.15) is 0 Å². The molecule has 1 aromatic rings. The van der Waals surface area contributed by atoms with Crippen molar-refractivity contribution >= 4 is 23.3 Å². The highest BCUT2D eigenvalue weighted by Crippen LogP contribution is 2.31. The molecule has 0 aliphatic carbocycles. The Kier molecular flexibility index (Phi) is 5.01. The first-order valence-electron chi connectivity index (χ1n) is 5.88. The topological polar surface area (TPSA) is 113 Å². The predicted octanol–water partition coefficient (Wildman–Crippen LogP) is 0.865. The van der Waals surface area contributed by atoms with Crippen molar-refractivity contribution in [3.05, 3.63) is 33.9 Å². The van der Waals surface area contributed by atoms with Crippen molar-refractivity contribution in [2.24, 2.45) is 0 Å². The van der Waals surface area contributed by atoms with Gasteiger partial charge in [0.2, 0.25) is 5.91 Å². The number of aromatic carboxylic acids is 1. The van der Waals surface area contributed by atoms with Crippen LogP contribution in [0, 0.1) is 10.1 Å². The summed E-state index contributed by atoms with van der Waals surface area (Å²) < 4.78 is 0. The van der Waals surface area contributed by atoms with E-state index in [1.165, 1.54) is 30.1 Å². The lowest BCUT2D eigenvalue weighted by molar-refractivity contribution is -0.384. The van der Waals surface area contributed by atoms with Crippen molar-refractivity contribution in [2.75, 3.05) is 25.0 Å². The molecule has 20 heavy (non-hydrogen) atoms. The number of nitrogens with zero attached hydrogens (tertiary/aromatic N) is 2. The van der Waals surface area contributed by atoms with Gasteiger partial charge in [-0.25, -0.2) is 4.79 Å². The fourth-order valence-corrected chi connectivity index (χ4v) is 1.78. The van der Waals surface area contributed by atoms with Gasteiger partial charge in [-0.05, 0) is 13.0 Å². The molecule has 8 nitrogen and oxygen atoms in total. The number of nitro benzene ring substituents is 1. The minimum Gasteiger partial charge on any atom is -0.478 e. The molecule has 0 unspecified atom stereocenters. The van der Waals surface area contributed by atoms with E-state index in [4.69, 9.17) is 5.11 Å². The molecule has 108 valence electrons. The number of carbonyl (C=O) groups excluding carboxylic acids is 1. The van der Waals surface area contributed by atoms with Crippen LogP contribution in [0.15, 0.2) is 18.2 Å². The normalized spacial score (nSPS) is 9.90. The van der Waals surface area contributed by atoms with Crippen molar-refractivity contribution in [1.29, 1.82) is 0 Å². The van der Waals surface area contributed by atoms with E-state index in [0.717, 1.165) is 0 Å². The van der Waals surface area contributed by atoms with E-state index < -0.39 is 10.9 Å².